The van der Waals surface area contributed by atoms with Gasteiger partial charge in [0.2, 0.25) is 0 Å². The minimum atomic E-state index is 0.111. The average Bonchev–Trinajstić information content (AvgIpc) is 3.04. The average molecular weight is 313 g/mol. The zero-order valence-electron chi connectivity index (χ0n) is 12.4. The van der Waals surface area contributed by atoms with E-state index < -0.39 is 0 Å². The summed E-state index contributed by atoms with van der Waals surface area (Å²) in [7, 11) is 0. The maximum absolute atomic E-state index is 11.7. The van der Waals surface area contributed by atoms with E-state index in [-0.39, 0.29) is 5.43 Å². The Labute approximate surface area is 133 Å². The van der Waals surface area contributed by atoms with Gasteiger partial charge in [-0.1, -0.05) is 30.3 Å². The van der Waals surface area contributed by atoms with Crippen molar-refractivity contribution in [2.75, 3.05) is 13.2 Å². The fourth-order valence-electron chi connectivity index (χ4n) is 2.50. The van der Waals surface area contributed by atoms with Crippen molar-refractivity contribution in [1.29, 1.82) is 0 Å². The summed E-state index contributed by atoms with van der Waals surface area (Å²) < 4.78 is 8.68. The fourth-order valence-corrected chi connectivity index (χ4v) is 3.32. The number of rotatable bonds is 7. The number of aryl methyl sites for hydroxylation is 1. The van der Waals surface area contributed by atoms with Gasteiger partial charge >= 0.3 is 0 Å². The number of nitrogens with zero attached hydrogens (tertiary/aromatic N) is 1. The van der Waals surface area contributed by atoms with Crippen molar-refractivity contribution in [3.8, 4) is 0 Å². The first-order valence-electron chi connectivity index (χ1n) is 7.53. The van der Waals surface area contributed by atoms with Crippen LogP contribution in [0, 0.1) is 0 Å². The van der Waals surface area contributed by atoms with E-state index >= 15 is 0 Å². The number of aromatic nitrogens is 1. The third-order valence-corrected chi connectivity index (χ3v) is 4.57. The fraction of sp³-hybridized carbons (Fsp3) is 0.278. The Morgan fingerprint density at radius 2 is 1.91 bits per heavy atom. The predicted octanol–water partition coefficient (Wildman–Crippen LogP) is 3.71. The lowest BCUT2D eigenvalue weighted by atomic mass is 10.2. The van der Waals surface area contributed by atoms with E-state index in [1.165, 1.54) is 16.9 Å². The van der Waals surface area contributed by atoms with Crippen LogP contribution in [-0.2, 0) is 17.7 Å². The van der Waals surface area contributed by atoms with Crippen LogP contribution in [0.4, 0.5) is 0 Å². The van der Waals surface area contributed by atoms with E-state index in [1.807, 2.05) is 23.7 Å². The molecule has 1 aromatic carbocycles. The normalized spacial score (nSPS) is 11.1. The molecule has 2 heterocycles. The number of hydrogen-bond acceptors (Lipinski definition) is 3. The number of thiophene rings is 1. The largest absolute Gasteiger partial charge is 0.381 e. The first-order chi connectivity index (χ1) is 10.8. The van der Waals surface area contributed by atoms with Gasteiger partial charge in [0.05, 0.1) is 16.8 Å². The van der Waals surface area contributed by atoms with Crippen molar-refractivity contribution >= 4 is 21.6 Å². The second-order valence-corrected chi connectivity index (χ2v) is 6.13. The van der Waals surface area contributed by atoms with Gasteiger partial charge in [0.25, 0.3) is 0 Å². The molecule has 0 unspecified atom stereocenters. The number of ether oxygens (including phenoxy) is 1. The molecule has 114 valence electrons. The van der Waals surface area contributed by atoms with E-state index in [1.54, 1.807) is 6.07 Å². The van der Waals surface area contributed by atoms with Gasteiger partial charge in [-0.2, -0.15) is 0 Å². The topological polar surface area (TPSA) is 31.2 Å². The second kappa shape index (κ2) is 7.38. The highest BCUT2D eigenvalue weighted by Crippen LogP contribution is 2.16. The quantitative estimate of drug-likeness (QED) is 0.623. The Bertz CT molecular complexity index is 776. The van der Waals surface area contributed by atoms with Gasteiger partial charge in [0.1, 0.15) is 0 Å². The maximum atomic E-state index is 11.7. The lowest BCUT2D eigenvalue weighted by molar-refractivity contribution is 0.132. The van der Waals surface area contributed by atoms with Crippen LogP contribution in [0.1, 0.15) is 12.0 Å². The van der Waals surface area contributed by atoms with E-state index in [9.17, 15) is 4.79 Å². The summed E-state index contributed by atoms with van der Waals surface area (Å²) in [4.78, 5) is 11.7. The monoisotopic (exact) mass is 313 g/mol. The molecule has 2 aromatic heterocycles. The van der Waals surface area contributed by atoms with Gasteiger partial charge < -0.3 is 9.30 Å². The molecule has 0 aliphatic carbocycles. The molecule has 3 aromatic rings. The third kappa shape index (κ3) is 3.64. The van der Waals surface area contributed by atoms with Crippen molar-refractivity contribution in [2.45, 2.75) is 19.4 Å². The molecule has 0 saturated carbocycles. The molecular formula is C18H19NO2S. The molecule has 0 atom stereocenters. The minimum absolute atomic E-state index is 0.111. The number of benzene rings is 1. The molecule has 3 rings (SSSR count). The van der Waals surface area contributed by atoms with Gasteiger partial charge in [0.15, 0.2) is 5.43 Å². The summed E-state index contributed by atoms with van der Waals surface area (Å²) in [5, 5.41) is 1.97. The Kier molecular flexibility index (Phi) is 5.03. The van der Waals surface area contributed by atoms with Crippen molar-refractivity contribution in [3.63, 3.8) is 0 Å². The van der Waals surface area contributed by atoms with E-state index in [2.05, 4.69) is 28.8 Å². The number of fused-ring (bicyclic) bond motifs is 1. The van der Waals surface area contributed by atoms with Crippen molar-refractivity contribution < 1.29 is 4.74 Å². The molecule has 0 saturated heterocycles. The third-order valence-electron chi connectivity index (χ3n) is 3.65. The van der Waals surface area contributed by atoms with Crippen LogP contribution in [-0.4, -0.2) is 17.8 Å². The number of pyridine rings is 1. The van der Waals surface area contributed by atoms with Crippen LogP contribution in [0.25, 0.3) is 10.2 Å². The molecule has 0 amide bonds. The molecule has 22 heavy (non-hydrogen) atoms. The summed E-state index contributed by atoms with van der Waals surface area (Å²) in [5.74, 6) is 0. The van der Waals surface area contributed by atoms with Gasteiger partial charge in [-0.25, -0.2) is 0 Å². The Hall–Kier alpha value is -1.91. The summed E-state index contributed by atoms with van der Waals surface area (Å²) in [5.41, 5.74) is 2.45. The van der Waals surface area contributed by atoms with Crippen LogP contribution in [0.15, 0.2) is 58.8 Å². The summed E-state index contributed by atoms with van der Waals surface area (Å²) >= 11 is 1.51. The Balaban J connectivity index is 1.44. The van der Waals surface area contributed by atoms with Crippen LogP contribution >= 0.6 is 11.3 Å². The highest BCUT2D eigenvalue weighted by molar-refractivity contribution is 7.17. The van der Waals surface area contributed by atoms with Crippen LogP contribution < -0.4 is 5.43 Å². The van der Waals surface area contributed by atoms with Crippen LogP contribution in [0.2, 0.25) is 0 Å². The van der Waals surface area contributed by atoms with Gasteiger partial charge in [-0.05, 0) is 29.9 Å². The van der Waals surface area contributed by atoms with E-state index in [0.717, 1.165) is 42.8 Å². The van der Waals surface area contributed by atoms with E-state index in [4.69, 9.17) is 4.74 Å². The molecule has 0 N–H and O–H groups in total. The molecule has 4 heteroatoms. The first kappa shape index (κ1) is 15.0. The van der Waals surface area contributed by atoms with Crippen molar-refractivity contribution in [3.05, 3.63) is 69.8 Å². The number of hydrogen-bond donors (Lipinski definition) is 0. The summed E-state index contributed by atoms with van der Waals surface area (Å²) in [6.45, 7) is 2.37. The Morgan fingerprint density at radius 1 is 1.05 bits per heavy atom. The first-order valence-corrected chi connectivity index (χ1v) is 8.41. The lowest BCUT2D eigenvalue weighted by Crippen LogP contribution is -2.08. The summed E-state index contributed by atoms with van der Waals surface area (Å²) in [6, 6.07) is 14.0. The molecule has 0 spiro atoms. The molecule has 0 fully saturated rings. The van der Waals surface area contributed by atoms with Gasteiger partial charge in [-0.3, -0.25) is 4.79 Å². The smallest absolute Gasteiger partial charge is 0.199 e. The standard InChI is InChI=1S/C18H19NO2S/c20-17-7-11-19(16-9-14-22-18(16)17)10-4-12-21-13-8-15-5-2-1-3-6-15/h1-3,5-7,9,11,14H,4,8,10,12-13H2. The SMILES string of the molecule is O=c1ccn(CCCOCCc2ccccc2)c2ccsc12. The van der Waals surface area contributed by atoms with Crippen molar-refractivity contribution in [1.82, 2.24) is 4.57 Å². The molecule has 0 bridgehead atoms. The van der Waals surface area contributed by atoms with E-state index in [0.29, 0.717) is 0 Å². The second-order valence-electron chi connectivity index (χ2n) is 5.21. The Morgan fingerprint density at radius 3 is 2.77 bits per heavy atom. The zero-order chi connectivity index (χ0) is 15.2. The summed E-state index contributed by atoms with van der Waals surface area (Å²) in [6.07, 6.45) is 3.78. The van der Waals surface area contributed by atoms with Crippen LogP contribution in [0.3, 0.4) is 0 Å². The highest BCUT2D eigenvalue weighted by atomic mass is 32.1. The van der Waals surface area contributed by atoms with Crippen molar-refractivity contribution in [2.24, 2.45) is 0 Å². The zero-order valence-corrected chi connectivity index (χ0v) is 13.2. The lowest BCUT2D eigenvalue weighted by Gasteiger charge is -2.09. The maximum Gasteiger partial charge on any atom is 0.199 e. The molecule has 0 radical (unpaired) electrons. The molecule has 0 aliphatic heterocycles. The van der Waals surface area contributed by atoms with Gasteiger partial charge in [-0.15, -0.1) is 11.3 Å². The minimum Gasteiger partial charge on any atom is -0.381 e. The highest BCUT2D eigenvalue weighted by Gasteiger charge is 2.03. The predicted molar refractivity (Wildman–Crippen MR) is 91.7 cm³/mol. The molecular weight excluding hydrogens is 294 g/mol. The van der Waals surface area contributed by atoms with Crippen LogP contribution in [0.5, 0.6) is 0 Å². The van der Waals surface area contributed by atoms with Gasteiger partial charge in [0, 0.05) is 25.4 Å². The molecule has 0 aliphatic rings. The molecule has 3 nitrogen and oxygen atoms in total.